The smallest absolute Gasteiger partial charge is 0.120 e. The summed E-state index contributed by atoms with van der Waals surface area (Å²) < 4.78 is 5.16. The maximum absolute atomic E-state index is 9.84. The van der Waals surface area contributed by atoms with Crippen molar-refractivity contribution in [3.05, 3.63) is 58.6 Å². The Labute approximate surface area is 124 Å². The third-order valence-corrected chi connectivity index (χ3v) is 3.51. The van der Waals surface area contributed by atoms with E-state index in [9.17, 15) is 5.11 Å². The summed E-state index contributed by atoms with van der Waals surface area (Å²) in [5.41, 5.74) is 1.96. The highest BCUT2D eigenvalue weighted by Crippen LogP contribution is 2.24. The molecular formula is C16H18ClNO2. The average molecular weight is 292 g/mol. The van der Waals surface area contributed by atoms with Crippen LogP contribution < -0.4 is 10.1 Å². The van der Waals surface area contributed by atoms with Crippen LogP contribution in [0.25, 0.3) is 0 Å². The second-order valence-corrected chi connectivity index (χ2v) is 5.09. The number of methoxy groups -OCH3 is 1. The number of ether oxygens (including phenoxy) is 1. The van der Waals surface area contributed by atoms with Gasteiger partial charge in [0.1, 0.15) is 11.5 Å². The molecule has 20 heavy (non-hydrogen) atoms. The molecule has 2 N–H and O–H groups in total. The number of aromatic hydroxyl groups is 1. The second-order valence-electron chi connectivity index (χ2n) is 4.65. The minimum Gasteiger partial charge on any atom is -0.508 e. The molecule has 0 aliphatic carbocycles. The minimum absolute atomic E-state index is 0.165. The number of phenols is 1. The molecule has 1 atom stereocenters. The van der Waals surface area contributed by atoms with E-state index in [2.05, 4.69) is 12.2 Å². The Morgan fingerprint density at radius 2 is 1.90 bits per heavy atom. The fourth-order valence-corrected chi connectivity index (χ4v) is 2.09. The van der Waals surface area contributed by atoms with Gasteiger partial charge in [-0.1, -0.05) is 23.7 Å². The van der Waals surface area contributed by atoms with E-state index in [1.807, 2.05) is 30.3 Å². The van der Waals surface area contributed by atoms with Gasteiger partial charge in [-0.2, -0.15) is 0 Å². The molecule has 0 radical (unpaired) electrons. The molecule has 0 saturated heterocycles. The van der Waals surface area contributed by atoms with Gasteiger partial charge in [0.25, 0.3) is 0 Å². The molecule has 2 aromatic rings. The lowest BCUT2D eigenvalue weighted by Crippen LogP contribution is -2.18. The molecule has 2 aromatic carbocycles. The molecule has 0 saturated carbocycles. The summed E-state index contributed by atoms with van der Waals surface area (Å²) in [4.78, 5) is 0. The Kier molecular flexibility index (Phi) is 4.88. The minimum atomic E-state index is 0.165. The molecule has 4 heteroatoms. The van der Waals surface area contributed by atoms with Gasteiger partial charge in [0.15, 0.2) is 0 Å². The zero-order valence-corrected chi connectivity index (χ0v) is 12.3. The molecule has 0 amide bonds. The molecule has 0 unspecified atom stereocenters. The van der Waals surface area contributed by atoms with E-state index in [0.29, 0.717) is 6.54 Å². The standard InChI is InChI=1S/C16H18ClNO2/c1-11(12-3-5-14(17)6-4-12)18-10-13-9-15(20-2)7-8-16(13)19/h3-9,11,18-19H,10H2,1-2H3/t11-/m0/s1. The first-order chi connectivity index (χ1) is 9.60. The van der Waals surface area contributed by atoms with Crippen molar-refractivity contribution in [2.45, 2.75) is 19.5 Å². The summed E-state index contributed by atoms with van der Waals surface area (Å²) in [6, 6.07) is 13.1. The van der Waals surface area contributed by atoms with E-state index in [1.54, 1.807) is 19.2 Å². The predicted molar refractivity (Wildman–Crippen MR) is 81.4 cm³/mol. The summed E-state index contributed by atoms with van der Waals surface area (Å²) in [6.07, 6.45) is 0. The quantitative estimate of drug-likeness (QED) is 0.878. The lowest BCUT2D eigenvalue weighted by atomic mass is 10.1. The first-order valence-corrected chi connectivity index (χ1v) is 6.82. The van der Waals surface area contributed by atoms with E-state index in [1.165, 1.54) is 0 Å². The van der Waals surface area contributed by atoms with E-state index < -0.39 is 0 Å². The Balaban J connectivity index is 2.02. The van der Waals surface area contributed by atoms with Crippen molar-refractivity contribution in [2.75, 3.05) is 7.11 Å². The van der Waals surface area contributed by atoms with Crippen molar-refractivity contribution in [1.29, 1.82) is 0 Å². The summed E-state index contributed by atoms with van der Waals surface area (Å²) in [5.74, 6) is 1.00. The fraction of sp³-hybridized carbons (Fsp3) is 0.250. The van der Waals surface area contributed by atoms with E-state index in [4.69, 9.17) is 16.3 Å². The third kappa shape index (κ3) is 3.65. The first kappa shape index (κ1) is 14.7. The van der Waals surface area contributed by atoms with Crippen molar-refractivity contribution in [3.8, 4) is 11.5 Å². The van der Waals surface area contributed by atoms with Crippen LogP contribution in [0.4, 0.5) is 0 Å². The van der Waals surface area contributed by atoms with Crippen molar-refractivity contribution in [2.24, 2.45) is 0 Å². The van der Waals surface area contributed by atoms with Gasteiger partial charge in [0, 0.05) is 23.2 Å². The molecule has 3 nitrogen and oxygen atoms in total. The normalized spacial score (nSPS) is 12.2. The lowest BCUT2D eigenvalue weighted by Gasteiger charge is -2.15. The highest BCUT2D eigenvalue weighted by molar-refractivity contribution is 6.30. The first-order valence-electron chi connectivity index (χ1n) is 6.45. The van der Waals surface area contributed by atoms with Crippen LogP contribution in [0.5, 0.6) is 11.5 Å². The van der Waals surface area contributed by atoms with Gasteiger partial charge in [0.2, 0.25) is 0 Å². The molecule has 2 rings (SSSR count). The lowest BCUT2D eigenvalue weighted by molar-refractivity contribution is 0.409. The molecule has 0 fully saturated rings. The summed E-state index contributed by atoms with van der Waals surface area (Å²) in [6.45, 7) is 2.63. The molecule has 106 valence electrons. The fourth-order valence-electron chi connectivity index (χ4n) is 1.96. The number of benzene rings is 2. The summed E-state index contributed by atoms with van der Waals surface area (Å²) in [7, 11) is 1.61. The molecular weight excluding hydrogens is 274 g/mol. The van der Waals surface area contributed by atoms with Crippen LogP contribution in [-0.2, 0) is 6.54 Å². The summed E-state index contributed by atoms with van der Waals surface area (Å²) >= 11 is 5.88. The molecule has 0 aliphatic rings. The highest BCUT2D eigenvalue weighted by Gasteiger charge is 2.08. The molecule has 0 aromatic heterocycles. The predicted octanol–water partition coefficient (Wildman–Crippen LogP) is 3.91. The molecule has 0 bridgehead atoms. The van der Waals surface area contributed by atoms with Gasteiger partial charge in [0.05, 0.1) is 7.11 Å². The van der Waals surface area contributed by atoms with Crippen molar-refractivity contribution in [1.82, 2.24) is 5.32 Å². The molecule has 0 heterocycles. The number of hydrogen-bond donors (Lipinski definition) is 2. The Morgan fingerprint density at radius 3 is 2.55 bits per heavy atom. The van der Waals surface area contributed by atoms with Gasteiger partial charge in [-0.05, 0) is 42.8 Å². The van der Waals surface area contributed by atoms with Crippen LogP contribution in [0.2, 0.25) is 5.02 Å². The number of phenolic OH excluding ortho intramolecular Hbond substituents is 1. The maximum Gasteiger partial charge on any atom is 0.120 e. The SMILES string of the molecule is COc1ccc(O)c(CN[C@@H](C)c2ccc(Cl)cc2)c1. The van der Waals surface area contributed by atoms with Crippen LogP contribution in [0.15, 0.2) is 42.5 Å². The van der Waals surface area contributed by atoms with Gasteiger partial charge in [-0.15, -0.1) is 0 Å². The van der Waals surface area contributed by atoms with E-state index in [-0.39, 0.29) is 11.8 Å². The highest BCUT2D eigenvalue weighted by atomic mass is 35.5. The zero-order valence-electron chi connectivity index (χ0n) is 11.6. The Hall–Kier alpha value is -1.71. The van der Waals surface area contributed by atoms with Crippen LogP contribution in [-0.4, -0.2) is 12.2 Å². The number of nitrogens with one attached hydrogen (secondary N) is 1. The largest absolute Gasteiger partial charge is 0.508 e. The van der Waals surface area contributed by atoms with Gasteiger partial charge in [-0.3, -0.25) is 0 Å². The number of halogens is 1. The topological polar surface area (TPSA) is 41.5 Å². The summed E-state index contributed by atoms with van der Waals surface area (Å²) in [5, 5.41) is 13.9. The van der Waals surface area contributed by atoms with Gasteiger partial charge in [-0.25, -0.2) is 0 Å². The monoisotopic (exact) mass is 291 g/mol. The van der Waals surface area contributed by atoms with Crippen LogP contribution in [0.3, 0.4) is 0 Å². The molecule has 0 spiro atoms. The van der Waals surface area contributed by atoms with Gasteiger partial charge < -0.3 is 15.2 Å². The number of hydrogen-bond acceptors (Lipinski definition) is 3. The van der Waals surface area contributed by atoms with E-state index >= 15 is 0 Å². The maximum atomic E-state index is 9.84. The average Bonchev–Trinajstić information content (AvgIpc) is 2.47. The second kappa shape index (κ2) is 6.64. The zero-order chi connectivity index (χ0) is 14.5. The Morgan fingerprint density at radius 1 is 1.20 bits per heavy atom. The van der Waals surface area contributed by atoms with Crippen molar-refractivity contribution in [3.63, 3.8) is 0 Å². The van der Waals surface area contributed by atoms with Crippen molar-refractivity contribution < 1.29 is 9.84 Å². The van der Waals surface area contributed by atoms with Crippen LogP contribution >= 0.6 is 11.6 Å². The van der Waals surface area contributed by atoms with Gasteiger partial charge >= 0.3 is 0 Å². The Bertz CT molecular complexity index is 569. The van der Waals surface area contributed by atoms with E-state index in [0.717, 1.165) is 21.9 Å². The van der Waals surface area contributed by atoms with Crippen LogP contribution in [0, 0.1) is 0 Å². The third-order valence-electron chi connectivity index (χ3n) is 3.26. The van der Waals surface area contributed by atoms with Crippen LogP contribution in [0.1, 0.15) is 24.1 Å². The molecule has 0 aliphatic heterocycles. The van der Waals surface area contributed by atoms with Crippen molar-refractivity contribution >= 4 is 11.6 Å². The number of rotatable bonds is 5.